The van der Waals surface area contributed by atoms with E-state index in [1.807, 2.05) is 18.2 Å². The lowest BCUT2D eigenvalue weighted by Crippen LogP contribution is -2.03. The lowest BCUT2D eigenvalue weighted by molar-refractivity contribution is 0.108. The number of rotatable bonds is 5. The maximum Gasteiger partial charge on any atom is 0.220 e. The van der Waals surface area contributed by atoms with Crippen LogP contribution in [0, 0.1) is 5.92 Å². The molecule has 0 atom stereocenters. The standard InChI is InChI=1S/C20H24OS/c1-14(2)13-16-9-5-6-10-17(16)18-11-7-8-12-19(18)20(21)22-15(3)4/h5-12,14-15H,13H2,1-4H3. The number of hydrogen-bond donors (Lipinski definition) is 0. The Morgan fingerprint density at radius 1 is 0.909 bits per heavy atom. The van der Waals surface area contributed by atoms with Crippen LogP contribution < -0.4 is 0 Å². The van der Waals surface area contributed by atoms with Gasteiger partial charge >= 0.3 is 0 Å². The van der Waals surface area contributed by atoms with Gasteiger partial charge in [-0.15, -0.1) is 0 Å². The molecule has 2 heteroatoms. The third-order valence-corrected chi connectivity index (χ3v) is 4.33. The summed E-state index contributed by atoms with van der Waals surface area (Å²) in [6.45, 7) is 8.56. The molecule has 0 spiro atoms. The van der Waals surface area contributed by atoms with Crippen LogP contribution in [-0.2, 0) is 6.42 Å². The summed E-state index contributed by atoms with van der Waals surface area (Å²) in [7, 11) is 0. The average Bonchev–Trinajstić information content (AvgIpc) is 2.46. The maximum atomic E-state index is 12.5. The monoisotopic (exact) mass is 312 g/mol. The molecule has 0 fully saturated rings. The Kier molecular flexibility index (Phi) is 5.84. The minimum atomic E-state index is 0.157. The highest BCUT2D eigenvalue weighted by Gasteiger charge is 2.16. The minimum absolute atomic E-state index is 0.157. The summed E-state index contributed by atoms with van der Waals surface area (Å²) in [5.41, 5.74) is 4.37. The Morgan fingerprint density at radius 2 is 1.50 bits per heavy atom. The first kappa shape index (κ1) is 16.8. The molecule has 0 aliphatic heterocycles. The molecule has 0 aliphatic rings. The summed E-state index contributed by atoms with van der Waals surface area (Å²) in [6.07, 6.45) is 1.02. The van der Waals surface area contributed by atoms with Crippen LogP contribution in [0.3, 0.4) is 0 Å². The van der Waals surface area contributed by atoms with Gasteiger partial charge in [-0.3, -0.25) is 4.79 Å². The van der Waals surface area contributed by atoms with E-state index in [4.69, 9.17) is 0 Å². The zero-order valence-electron chi connectivity index (χ0n) is 13.8. The summed E-state index contributed by atoms with van der Waals surface area (Å²) in [4.78, 5) is 12.5. The van der Waals surface area contributed by atoms with Gasteiger partial charge in [-0.05, 0) is 35.1 Å². The lowest BCUT2D eigenvalue weighted by Gasteiger charge is -2.15. The van der Waals surface area contributed by atoms with Crippen molar-refractivity contribution in [2.45, 2.75) is 39.4 Å². The fourth-order valence-corrected chi connectivity index (χ4v) is 3.31. The molecule has 0 saturated heterocycles. The maximum absolute atomic E-state index is 12.5. The van der Waals surface area contributed by atoms with Crippen LogP contribution in [-0.4, -0.2) is 10.4 Å². The third kappa shape index (κ3) is 4.23. The highest BCUT2D eigenvalue weighted by atomic mass is 32.2. The number of carbonyl (C=O) groups excluding carboxylic acids is 1. The third-order valence-electron chi connectivity index (χ3n) is 3.43. The Bertz CT molecular complexity index is 644. The largest absolute Gasteiger partial charge is 0.282 e. The van der Waals surface area contributed by atoms with Gasteiger partial charge in [-0.2, -0.15) is 0 Å². The number of carbonyl (C=O) groups is 1. The number of thioether (sulfide) groups is 1. The molecule has 0 saturated carbocycles. The Labute approximate surface area is 138 Å². The predicted molar refractivity (Wildman–Crippen MR) is 97.5 cm³/mol. The minimum Gasteiger partial charge on any atom is -0.282 e. The van der Waals surface area contributed by atoms with Crippen molar-refractivity contribution in [3.63, 3.8) is 0 Å². The molecule has 0 aromatic heterocycles. The first-order chi connectivity index (χ1) is 10.5. The van der Waals surface area contributed by atoms with Crippen LogP contribution in [0.25, 0.3) is 11.1 Å². The van der Waals surface area contributed by atoms with Crippen molar-refractivity contribution in [1.82, 2.24) is 0 Å². The molecular weight excluding hydrogens is 288 g/mol. The Balaban J connectivity index is 2.48. The van der Waals surface area contributed by atoms with Crippen LogP contribution in [0.15, 0.2) is 48.5 Å². The quantitative estimate of drug-likeness (QED) is 0.690. The molecule has 2 aromatic carbocycles. The van der Waals surface area contributed by atoms with Gasteiger partial charge in [-0.1, -0.05) is 81.9 Å². The van der Waals surface area contributed by atoms with Gasteiger partial charge in [0, 0.05) is 10.8 Å². The Hall–Kier alpha value is -1.54. The molecule has 0 aliphatic carbocycles. The fraction of sp³-hybridized carbons (Fsp3) is 0.350. The molecule has 1 nitrogen and oxygen atoms in total. The molecule has 0 amide bonds. The first-order valence-corrected chi connectivity index (χ1v) is 8.75. The van der Waals surface area contributed by atoms with E-state index >= 15 is 0 Å². The first-order valence-electron chi connectivity index (χ1n) is 7.87. The normalized spacial score (nSPS) is 11.2. The van der Waals surface area contributed by atoms with Crippen molar-refractivity contribution in [3.8, 4) is 11.1 Å². The lowest BCUT2D eigenvalue weighted by atomic mass is 9.91. The molecule has 2 aromatic rings. The average molecular weight is 312 g/mol. The van der Waals surface area contributed by atoms with E-state index in [1.165, 1.54) is 22.9 Å². The van der Waals surface area contributed by atoms with Crippen molar-refractivity contribution in [2.24, 2.45) is 5.92 Å². The highest BCUT2D eigenvalue weighted by Crippen LogP contribution is 2.31. The van der Waals surface area contributed by atoms with Gasteiger partial charge in [-0.25, -0.2) is 0 Å². The smallest absolute Gasteiger partial charge is 0.220 e. The molecule has 0 radical (unpaired) electrons. The van der Waals surface area contributed by atoms with E-state index in [0.717, 1.165) is 17.5 Å². The number of benzene rings is 2. The summed E-state index contributed by atoms with van der Waals surface area (Å²) in [6, 6.07) is 16.4. The Morgan fingerprint density at radius 3 is 2.14 bits per heavy atom. The summed E-state index contributed by atoms with van der Waals surface area (Å²) >= 11 is 1.40. The van der Waals surface area contributed by atoms with Crippen molar-refractivity contribution in [1.29, 1.82) is 0 Å². The van der Waals surface area contributed by atoms with Gasteiger partial charge in [0.1, 0.15) is 0 Å². The molecule has 22 heavy (non-hydrogen) atoms. The molecular formula is C20H24OS. The fourth-order valence-electron chi connectivity index (χ4n) is 2.57. The highest BCUT2D eigenvalue weighted by molar-refractivity contribution is 8.14. The molecule has 116 valence electrons. The zero-order valence-corrected chi connectivity index (χ0v) is 14.6. The van der Waals surface area contributed by atoms with Crippen molar-refractivity contribution in [2.75, 3.05) is 0 Å². The molecule has 0 unspecified atom stereocenters. The van der Waals surface area contributed by atoms with Crippen LogP contribution in [0.5, 0.6) is 0 Å². The molecule has 0 bridgehead atoms. The zero-order chi connectivity index (χ0) is 16.1. The van der Waals surface area contributed by atoms with E-state index in [9.17, 15) is 4.79 Å². The predicted octanol–water partition coefficient (Wildman–Crippen LogP) is 5.83. The van der Waals surface area contributed by atoms with Crippen molar-refractivity contribution >= 4 is 16.9 Å². The van der Waals surface area contributed by atoms with Crippen LogP contribution in [0.4, 0.5) is 0 Å². The molecule has 2 rings (SSSR count). The van der Waals surface area contributed by atoms with Crippen LogP contribution >= 0.6 is 11.8 Å². The second-order valence-corrected chi connectivity index (χ2v) is 7.80. The van der Waals surface area contributed by atoms with Crippen LogP contribution in [0.2, 0.25) is 0 Å². The van der Waals surface area contributed by atoms with E-state index in [0.29, 0.717) is 11.2 Å². The summed E-state index contributed by atoms with van der Waals surface area (Å²) in [5, 5.41) is 0.455. The topological polar surface area (TPSA) is 17.1 Å². The molecule has 0 heterocycles. The van der Waals surface area contributed by atoms with Crippen LogP contribution in [0.1, 0.15) is 43.6 Å². The van der Waals surface area contributed by atoms with Gasteiger partial charge in [0.25, 0.3) is 0 Å². The molecule has 0 N–H and O–H groups in total. The van der Waals surface area contributed by atoms with E-state index in [-0.39, 0.29) is 5.12 Å². The summed E-state index contributed by atoms with van der Waals surface area (Å²) in [5.74, 6) is 0.592. The van der Waals surface area contributed by atoms with E-state index < -0.39 is 0 Å². The van der Waals surface area contributed by atoms with Gasteiger partial charge in [0.05, 0.1) is 0 Å². The van der Waals surface area contributed by atoms with Gasteiger partial charge in [0.2, 0.25) is 5.12 Å². The summed E-state index contributed by atoms with van der Waals surface area (Å²) < 4.78 is 0. The van der Waals surface area contributed by atoms with Gasteiger partial charge in [0.15, 0.2) is 0 Å². The second-order valence-electron chi connectivity index (χ2n) is 6.25. The van der Waals surface area contributed by atoms with E-state index in [1.54, 1.807) is 0 Å². The SMILES string of the molecule is CC(C)Cc1ccccc1-c1ccccc1C(=O)SC(C)C. The van der Waals surface area contributed by atoms with Crippen molar-refractivity contribution in [3.05, 3.63) is 59.7 Å². The van der Waals surface area contributed by atoms with Crippen molar-refractivity contribution < 1.29 is 4.79 Å². The van der Waals surface area contributed by atoms with E-state index in [2.05, 4.69) is 58.0 Å². The number of hydrogen-bond acceptors (Lipinski definition) is 2. The second kappa shape index (κ2) is 7.64. The van der Waals surface area contributed by atoms with Gasteiger partial charge < -0.3 is 0 Å².